The third-order valence-electron chi connectivity index (χ3n) is 10.2. The number of hydrogen-bond donors (Lipinski definition) is 4. The minimum Gasteiger partial charge on any atom is -0.505 e. The van der Waals surface area contributed by atoms with Gasteiger partial charge in [0.25, 0.3) is 0 Å². The molecule has 1 aliphatic heterocycles. The van der Waals surface area contributed by atoms with Crippen molar-refractivity contribution in [3.05, 3.63) is 151 Å². The van der Waals surface area contributed by atoms with Crippen molar-refractivity contribution in [1.82, 2.24) is 0 Å². The average molecular weight is 651 g/mol. The number of fused-ring (bicyclic) bond motifs is 5. The first-order valence-corrected chi connectivity index (χ1v) is 16.7. The molecule has 1 aliphatic carbocycles. The Balaban J connectivity index is 1.14. The number of ether oxygens (including phenoxy) is 1. The van der Waals surface area contributed by atoms with Crippen LogP contribution < -0.4 is 10.2 Å². The van der Waals surface area contributed by atoms with E-state index in [-0.39, 0.29) is 23.0 Å². The summed E-state index contributed by atoms with van der Waals surface area (Å²) in [5, 5.41) is 46.3. The minimum absolute atomic E-state index is 0.0663. The second kappa shape index (κ2) is 11.4. The van der Waals surface area contributed by atoms with Crippen LogP contribution in [0.25, 0.3) is 60.5 Å². The van der Waals surface area contributed by atoms with Crippen LogP contribution in [0.5, 0.6) is 28.7 Å². The maximum absolute atomic E-state index is 11.2. The fourth-order valence-corrected chi connectivity index (χ4v) is 7.77. The third kappa shape index (κ3) is 4.49. The minimum atomic E-state index is -0.754. The summed E-state index contributed by atoms with van der Waals surface area (Å²) < 4.78 is 6.53. The maximum atomic E-state index is 11.2. The summed E-state index contributed by atoms with van der Waals surface area (Å²) in [6.07, 6.45) is 6.54. The summed E-state index contributed by atoms with van der Waals surface area (Å²) >= 11 is 0. The normalized spacial score (nSPS) is 16.2. The smallest absolute Gasteiger partial charge is 0.204 e. The highest BCUT2D eigenvalue weighted by molar-refractivity contribution is 6.41. The van der Waals surface area contributed by atoms with E-state index in [2.05, 4.69) is 97.1 Å². The molecule has 0 amide bonds. The summed E-state index contributed by atoms with van der Waals surface area (Å²) in [5.41, 5.74) is 9.05. The molecule has 0 radical (unpaired) electrons. The van der Waals surface area contributed by atoms with Crippen molar-refractivity contribution in [1.29, 1.82) is 0 Å². The lowest BCUT2D eigenvalue weighted by Gasteiger charge is -2.21. The largest absolute Gasteiger partial charge is 0.505 e. The zero-order chi connectivity index (χ0) is 34.1. The number of phenols is 4. The van der Waals surface area contributed by atoms with Gasteiger partial charge in [0.2, 0.25) is 11.5 Å². The highest BCUT2D eigenvalue weighted by Crippen LogP contribution is 2.52. The van der Waals surface area contributed by atoms with Gasteiger partial charge in [-0.05, 0) is 78.6 Å². The van der Waals surface area contributed by atoms with E-state index in [0.29, 0.717) is 5.56 Å². The Bertz CT molecular complexity index is 2480. The molecule has 0 aromatic heterocycles. The van der Waals surface area contributed by atoms with Crippen LogP contribution in [-0.4, -0.2) is 34.4 Å². The van der Waals surface area contributed by atoms with Gasteiger partial charge < -0.3 is 25.2 Å². The number of hydrogen-bond acceptors (Lipinski definition) is 5. The van der Waals surface area contributed by atoms with Gasteiger partial charge in [-0.1, -0.05) is 121 Å². The van der Waals surface area contributed by atoms with Crippen LogP contribution in [-0.2, 0) is 0 Å². The van der Waals surface area contributed by atoms with E-state index < -0.39 is 23.0 Å². The molecule has 0 saturated heterocycles. The first kappa shape index (κ1) is 29.7. The van der Waals surface area contributed by atoms with Crippen LogP contribution in [0.3, 0.4) is 0 Å². The Hall–Kier alpha value is -6.40. The number of aromatic hydroxyl groups is 4. The fourth-order valence-electron chi connectivity index (χ4n) is 7.77. The molecular formula is C44H31BO5. The van der Waals surface area contributed by atoms with Crippen molar-refractivity contribution in [3.8, 4) is 62.1 Å². The van der Waals surface area contributed by atoms with Gasteiger partial charge in [-0.2, -0.15) is 0 Å². The Kier molecular flexibility index (Phi) is 6.75. The van der Waals surface area contributed by atoms with Gasteiger partial charge in [-0.3, -0.25) is 0 Å². The quantitative estimate of drug-likeness (QED) is 0.0664. The van der Waals surface area contributed by atoms with Crippen molar-refractivity contribution in [2.45, 2.75) is 12.0 Å². The molecule has 50 heavy (non-hydrogen) atoms. The molecule has 4 N–H and O–H groups in total. The average Bonchev–Trinajstić information content (AvgIpc) is 3.53. The number of phenolic OH excluding ortho intramolecular Hbond substituents is 4. The van der Waals surface area contributed by atoms with Crippen LogP contribution >= 0.6 is 0 Å². The highest BCUT2D eigenvalue weighted by Gasteiger charge is 2.34. The molecule has 6 heteroatoms. The van der Waals surface area contributed by atoms with Gasteiger partial charge >= 0.3 is 0 Å². The molecule has 0 saturated carbocycles. The second-order valence-corrected chi connectivity index (χ2v) is 13.0. The van der Waals surface area contributed by atoms with Crippen LogP contribution in [0.1, 0.15) is 17.0 Å². The molecule has 1 heterocycles. The van der Waals surface area contributed by atoms with E-state index >= 15 is 0 Å². The van der Waals surface area contributed by atoms with Crippen molar-refractivity contribution < 1.29 is 25.2 Å². The van der Waals surface area contributed by atoms with Crippen LogP contribution in [0, 0.1) is 0 Å². The zero-order valence-corrected chi connectivity index (χ0v) is 27.1. The lowest BCUT2D eigenvalue weighted by atomic mass is 9.79. The Morgan fingerprint density at radius 2 is 1.04 bits per heavy atom. The molecular weight excluding hydrogens is 619 g/mol. The predicted molar refractivity (Wildman–Crippen MR) is 203 cm³/mol. The number of allylic oxidation sites excluding steroid dienone is 2. The molecule has 0 spiro atoms. The monoisotopic (exact) mass is 650 g/mol. The summed E-state index contributed by atoms with van der Waals surface area (Å²) in [7, 11) is 1.62. The fraction of sp³-hybridized carbons (Fsp3) is 0.0455. The van der Waals surface area contributed by atoms with E-state index in [1.807, 2.05) is 42.5 Å². The summed E-state index contributed by atoms with van der Waals surface area (Å²) in [5.74, 6) is -1.52. The van der Waals surface area contributed by atoms with Crippen molar-refractivity contribution in [2.24, 2.45) is 0 Å². The van der Waals surface area contributed by atoms with Crippen LogP contribution in [0.15, 0.2) is 140 Å². The first-order valence-electron chi connectivity index (χ1n) is 16.7. The van der Waals surface area contributed by atoms with Gasteiger partial charge in [-0.15, -0.1) is 0 Å². The van der Waals surface area contributed by atoms with Crippen LogP contribution in [0.2, 0.25) is 0 Å². The van der Waals surface area contributed by atoms with Gasteiger partial charge in [-0.25, -0.2) is 0 Å². The number of benzene rings is 7. The summed E-state index contributed by atoms with van der Waals surface area (Å²) in [4.78, 5) is 0. The standard InChI is InChI=1S/C44H31BO5/c45-40-39(41(46)43(48)44(49)42(40)47)38-32-12-6-4-10-30(32)37(31-11-5-7-13-33(31)38)28-19-21-35-34(22-28)29-20-18-27(23-36(29)50-35)26-16-14-25(15-17-26)24-8-2-1-3-9-24/h1-23,29,36,46-49H,45H2. The molecule has 0 bridgehead atoms. The Morgan fingerprint density at radius 1 is 0.500 bits per heavy atom. The third-order valence-corrected chi connectivity index (χ3v) is 10.2. The lowest BCUT2D eigenvalue weighted by molar-refractivity contribution is 0.269. The van der Waals surface area contributed by atoms with E-state index in [1.165, 1.54) is 11.1 Å². The topological polar surface area (TPSA) is 90.2 Å². The molecule has 2 aliphatic rings. The summed E-state index contributed by atoms with van der Waals surface area (Å²) in [6.45, 7) is 0. The Labute approximate surface area is 289 Å². The van der Waals surface area contributed by atoms with E-state index in [0.717, 1.165) is 55.1 Å². The molecule has 0 fully saturated rings. The molecule has 5 nitrogen and oxygen atoms in total. The van der Waals surface area contributed by atoms with Gasteiger partial charge in [0.05, 0.1) is 0 Å². The molecule has 2 atom stereocenters. The second-order valence-electron chi connectivity index (χ2n) is 13.0. The molecule has 2 unspecified atom stereocenters. The van der Waals surface area contributed by atoms with E-state index in [9.17, 15) is 20.4 Å². The zero-order valence-electron chi connectivity index (χ0n) is 27.1. The maximum Gasteiger partial charge on any atom is 0.204 e. The van der Waals surface area contributed by atoms with E-state index in [4.69, 9.17) is 4.74 Å². The highest BCUT2D eigenvalue weighted by atomic mass is 16.5. The van der Waals surface area contributed by atoms with Gasteiger partial charge in [0, 0.05) is 22.6 Å². The van der Waals surface area contributed by atoms with Gasteiger partial charge in [0.1, 0.15) is 19.7 Å². The van der Waals surface area contributed by atoms with Crippen molar-refractivity contribution in [3.63, 3.8) is 0 Å². The van der Waals surface area contributed by atoms with Crippen molar-refractivity contribution in [2.75, 3.05) is 0 Å². The molecule has 9 rings (SSSR count). The summed E-state index contributed by atoms with van der Waals surface area (Å²) in [6, 6.07) is 41.3. The molecule has 7 aromatic rings. The number of rotatable bonds is 4. The SMILES string of the molecule is Bc1c(O)c(O)c(O)c(O)c1-c1c2ccccc2c(-c2ccc3c(c2)C2C=CC(c4ccc(-c5ccccc5)cc4)=CC2O3)c2ccccc12. The van der Waals surface area contributed by atoms with Crippen LogP contribution in [0.4, 0.5) is 0 Å². The van der Waals surface area contributed by atoms with Crippen molar-refractivity contribution >= 4 is 40.4 Å². The predicted octanol–water partition coefficient (Wildman–Crippen LogP) is 8.57. The lowest BCUT2D eigenvalue weighted by Crippen LogP contribution is -2.17. The van der Waals surface area contributed by atoms with E-state index in [1.54, 1.807) is 7.85 Å². The Morgan fingerprint density at radius 3 is 1.70 bits per heavy atom. The molecule has 7 aromatic carbocycles. The first-order chi connectivity index (χ1) is 24.4. The van der Waals surface area contributed by atoms with Gasteiger partial charge in [0.15, 0.2) is 11.5 Å². The molecule has 240 valence electrons.